The first-order valence-electron chi connectivity index (χ1n) is 11.3. The molecule has 0 spiro atoms. The first-order valence-corrected chi connectivity index (χ1v) is 12.3. The molecule has 2 aromatic carbocycles. The quantitative estimate of drug-likeness (QED) is 0.207. The molecule has 2 heterocycles. The van der Waals surface area contributed by atoms with Gasteiger partial charge in [0.25, 0.3) is 5.56 Å². The third-order valence-electron chi connectivity index (χ3n) is 5.33. The summed E-state index contributed by atoms with van der Waals surface area (Å²) in [5.74, 6) is -0.820. The van der Waals surface area contributed by atoms with Crippen LogP contribution in [0, 0.1) is 0 Å². The fraction of sp³-hybridized carbons (Fsp3) is 0.231. The van der Waals surface area contributed by atoms with Crippen LogP contribution in [-0.2, 0) is 9.53 Å². The van der Waals surface area contributed by atoms with E-state index in [4.69, 9.17) is 9.72 Å². The molecule has 35 heavy (non-hydrogen) atoms. The van der Waals surface area contributed by atoms with E-state index < -0.39 is 5.97 Å². The van der Waals surface area contributed by atoms with Gasteiger partial charge in [0.2, 0.25) is 5.91 Å². The molecule has 2 aromatic heterocycles. The van der Waals surface area contributed by atoms with Crippen LogP contribution in [0.1, 0.15) is 37.2 Å². The second kappa shape index (κ2) is 10.6. The summed E-state index contributed by atoms with van der Waals surface area (Å²) in [5, 5.41) is 3.22. The number of rotatable bonds is 8. The summed E-state index contributed by atoms with van der Waals surface area (Å²) >= 11 is 1.17. The maximum Gasteiger partial charge on any atom is 0.340 e. The summed E-state index contributed by atoms with van der Waals surface area (Å²) in [5.41, 5.74) is 3.22. The van der Waals surface area contributed by atoms with E-state index in [9.17, 15) is 14.4 Å². The van der Waals surface area contributed by atoms with Crippen LogP contribution in [0.2, 0.25) is 0 Å². The Morgan fingerprint density at radius 2 is 1.83 bits per heavy atom. The Labute approximate surface area is 206 Å². The second-order valence-corrected chi connectivity index (χ2v) is 9.00. The van der Waals surface area contributed by atoms with Gasteiger partial charge in [0.05, 0.1) is 23.6 Å². The van der Waals surface area contributed by atoms with Crippen LogP contribution in [0.4, 0.5) is 5.69 Å². The molecule has 0 bridgehead atoms. The molecule has 4 aromatic rings. The van der Waals surface area contributed by atoms with Crippen LogP contribution < -0.4 is 10.9 Å². The van der Waals surface area contributed by atoms with E-state index >= 15 is 0 Å². The van der Waals surface area contributed by atoms with Gasteiger partial charge in [-0.2, -0.15) is 0 Å². The Balaban J connectivity index is 1.62. The number of carbonyl (C=O) groups is 2. The number of esters is 1. The van der Waals surface area contributed by atoms with Crippen molar-refractivity contribution in [1.29, 1.82) is 0 Å². The van der Waals surface area contributed by atoms with E-state index in [-0.39, 0.29) is 35.4 Å². The molecule has 4 rings (SSSR count). The number of nitrogens with zero attached hydrogens (tertiary/aromatic N) is 2. The van der Waals surface area contributed by atoms with Crippen molar-refractivity contribution in [3.05, 3.63) is 76.7 Å². The van der Waals surface area contributed by atoms with Crippen molar-refractivity contribution in [3.63, 3.8) is 0 Å². The Kier molecular flexibility index (Phi) is 7.36. The molecule has 0 atom stereocenters. The second-order valence-electron chi connectivity index (χ2n) is 8.06. The summed E-state index contributed by atoms with van der Waals surface area (Å²) in [6.45, 7) is 5.76. The van der Waals surface area contributed by atoms with Crippen LogP contribution in [-0.4, -0.2) is 38.8 Å². The van der Waals surface area contributed by atoms with Gasteiger partial charge >= 0.3 is 5.97 Å². The van der Waals surface area contributed by atoms with E-state index in [0.717, 1.165) is 11.1 Å². The Hall–Kier alpha value is -3.85. The van der Waals surface area contributed by atoms with Gasteiger partial charge in [0.15, 0.2) is 5.16 Å². The highest BCUT2D eigenvalue weighted by Gasteiger charge is 2.20. The van der Waals surface area contributed by atoms with Gasteiger partial charge in [0.1, 0.15) is 11.0 Å². The standard InChI is InChI=1S/C26H26N4O4S/c1-4-34-25(33)18-12-8-9-13-20(18)28-21(31)15-35-26-29-22-19(17-10-6-5-7-11-17)14-27-23(22)24(32)30(26)16(2)3/h5-14,16,27H,4,15H2,1-3H3,(H,28,31). The van der Waals surface area contributed by atoms with E-state index in [1.165, 1.54) is 11.8 Å². The number of para-hydroxylation sites is 1. The minimum Gasteiger partial charge on any atom is -0.462 e. The van der Waals surface area contributed by atoms with Crippen LogP contribution in [0.15, 0.2) is 70.7 Å². The number of aromatic nitrogens is 3. The van der Waals surface area contributed by atoms with Gasteiger partial charge in [-0.25, -0.2) is 9.78 Å². The first-order chi connectivity index (χ1) is 16.9. The molecule has 0 aliphatic rings. The number of thioether (sulfide) groups is 1. The third-order valence-corrected chi connectivity index (χ3v) is 6.28. The zero-order chi connectivity index (χ0) is 24.9. The normalized spacial score (nSPS) is 11.1. The highest BCUT2D eigenvalue weighted by molar-refractivity contribution is 7.99. The molecular formula is C26H26N4O4S. The Morgan fingerprint density at radius 1 is 1.11 bits per heavy atom. The highest BCUT2D eigenvalue weighted by atomic mass is 32.2. The number of nitrogens with one attached hydrogen (secondary N) is 2. The fourth-order valence-electron chi connectivity index (χ4n) is 3.74. The number of H-pyrrole nitrogens is 1. The van der Waals surface area contributed by atoms with Crippen molar-refractivity contribution in [2.75, 3.05) is 17.7 Å². The molecule has 8 nitrogen and oxygen atoms in total. The minimum absolute atomic E-state index is 0.00686. The summed E-state index contributed by atoms with van der Waals surface area (Å²) in [6.07, 6.45) is 1.78. The minimum atomic E-state index is -0.502. The van der Waals surface area contributed by atoms with Gasteiger partial charge in [-0.05, 0) is 38.5 Å². The van der Waals surface area contributed by atoms with Crippen molar-refractivity contribution < 1.29 is 14.3 Å². The van der Waals surface area contributed by atoms with Gasteiger partial charge in [-0.15, -0.1) is 0 Å². The maximum atomic E-state index is 13.3. The number of benzene rings is 2. The molecule has 0 unspecified atom stereocenters. The van der Waals surface area contributed by atoms with Crippen molar-refractivity contribution in [3.8, 4) is 11.1 Å². The Morgan fingerprint density at radius 3 is 2.54 bits per heavy atom. The third kappa shape index (κ3) is 5.14. The van der Waals surface area contributed by atoms with Crippen LogP contribution in [0.3, 0.4) is 0 Å². The Bertz CT molecular complexity index is 1430. The topological polar surface area (TPSA) is 106 Å². The molecule has 9 heteroatoms. The lowest BCUT2D eigenvalue weighted by atomic mass is 10.1. The van der Waals surface area contributed by atoms with E-state index in [1.807, 2.05) is 44.2 Å². The van der Waals surface area contributed by atoms with Crippen LogP contribution >= 0.6 is 11.8 Å². The number of hydrogen-bond acceptors (Lipinski definition) is 6. The zero-order valence-corrected chi connectivity index (χ0v) is 20.5. The molecule has 0 aliphatic carbocycles. The molecule has 2 N–H and O–H groups in total. The number of aromatic amines is 1. The molecule has 0 saturated heterocycles. The van der Waals surface area contributed by atoms with Gasteiger partial charge in [-0.3, -0.25) is 14.2 Å². The fourth-order valence-corrected chi connectivity index (χ4v) is 4.66. The largest absolute Gasteiger partial charge is 0.462 e. The van der Waals surface area contributed by atoms with Gasteiger partial charge in [0, 0.05) is 17.8 Å². The number of ether oxygens (including phenoxy) is 1. The summed E-state index contributed by atoms with van der Waals surface area (Å²) in [7, 11) is 0. The molecule has 0 radical (unpaired) electrons. The molecular weight excluding hydrogens is 464 g/mol. The smallest absolute Gasteiger partial charge is 0.340 e. The average molecular weight is 491 g/mol. The highest BCUT2D eigenvalue weighted by Crippen LogP contribution is 2.29. The summed E-state index contributed by atoms with van der Waals surface area (Å²) in [4.78, 5) is 46.1. The van der Waals surface area contributed by atoms with Crippen LogP contribution in [0.25, 0.3) is 22.2 Å². The SMILES string of the molecule is CCOC(=O)c1ccccc1NC(=O)CSc1nc2c(-c3ccccc3)c[nH]c2c(=O)n1C(C)C. The van der Waals surface area contributed by atoms with Crippen molar-refractivity contribution in [1.82, 2.24) is 14.5 Å². The van der Waals surface area contributed by atoms with Crippen molar-refractivity contribution in [2.24, 2.45) is 0 Å². The summed E-state index contributed by atoms with van der Waals surface area (Å²) < 4.78 is 6.65. The zero-order valence-electron chi connectivity index (χ0n) is 19.7. The monoisotopic (exact) mass is 490 g/mol. The lowest BCUT2D eigenvalue weighted by Crippen LogP contribution is -2.26. The van der Waals surface area contributed by atoms with Crippen molar-refractivity contribution >= 4 is 40.4 Å². The first kappa shape index (κ1) is 24.3. The molecule has 0 saturated carbocycles. The van der Waals surface area contributed by atoms with Crippen LogP contribution in [0.5, 0.6) is 0 Å². The predicted octanol–water partition coefficient (Wildman–Crippen LogP) is 4.88. The maximum absolute atomic E-state index is 13.3. The molecule has 0 fully saturated rings. The number of hydrogen-bond donors (Lipinski definition) is 2. The van der Waals surface area contributed by atoms with E-state index in [0.29, 0.717) is 21.9 Å². The lowest BCUT2D eigenvalue weighted by molar-refractivity contribution is -0.113. The van der Waals surface area contributed by atoms with Gasteiger partial charge in [-0.1, -0.05) is 54.2 Å². The molecule has 0 aliphatic heterocycles. The summed E-state index contributed by atoms with van der Waals surface area (Å²) in [6, 6.07) is 16.2. The predicted molar refractivity (Wildman–Crippen MR) is 138 cm³/mol. The van der Waals surface area contributed by atoms with E-state index in [2.05, 4.69) is 10.3 Å². The molecule has 180 valence electrons. The lowest BCUT2D eigenvalue weighted by Gasteiger charge is -2.15. The number of anilines is 1. The number of carbonyl (C=O) groups excluding carboxylic acids is 2. The molecule has 1 amide bonds. The number of amides is 1. The average Bonchev–Trinajstić information content (AvgIpc) is 3.28. The van der Waals surface area contributed by atoms with Gasteiger partial charge < -0.3 is 15.0 Å². The number of fused-ring (bicyclic) bond motifs is 1. The van der Waals surface area contributed by atoms with Crippen molar-refractivity contribution in [2.45, 2.75) is 32.0 Å². The van der Waals surface area contributed by atoms with E-state index in [1.54, 1.807) is 42.0 Å².